The van der Waals surface area contributed by atoms with E-state index >= 15 is 0 Å². The Hall–Kier alpha value is -2.04. The van der Waals surface area contributed by atoms with Gasteiger partial charge in [0.2, 0.25) is 0 Å². The number of piperidine rings is 1. The summed E-state index contributed by atoms with van der Waals surface area (Å²) in [5.41, 5.74) is 5.50. The predicted molar refractivity (Wildman–Crippen MR) is 108 cm³/mol. The number of hydrogen-bond acceptors (Lipinski definition) is 3. The van der Waals surface area contributed by atoms with Crippen LogP contribution in [0, 0.1) is 5.41 Å². The summed E-state index contributed by atoms with van der Waals surface area (Å²) in [5, 5.41) is 3.36. The molecule has 1 N–H and O–H groups in total. The summed E-state index contributed by atoms with van der Waals surface area (Å²) in [6.07, 6.45) is 2.02. The molecule has 5 heteroatoms. The molecule has 3 aliphatic rings. The lowest BCUT2D eigenvalue weighted by molar-refractivity contribution is 0.0401. The molecule has 2 fully saturated rings. The van der Waals surface area contributed by atoms with Crippen LogP contribution >= 0.6 is 12.4 Å². The van der Waals surface area contributed by atoms with Crippen molar-refractivity contribution in [3.05, 3.63) is 59.7 Å². The fraction of sp³-hybridized carbons (Fsp3) is 0.409. The van der Waals surface area contributed by atoms with Crippen LogP contribution in [-0.4, -0.2) is 43.8 Å². The Bertz CT molecular complexity index is 794. The van der Waals surface area contributed by atoms with Crippen molar-refractivity contribution in [2.45, 2.75) is 18.8 Å². The fourth-order valence-corrected chi connectivity index (χ4v) is 4.68. The first-order valence-electron chi connectivity index (χ1n) is 9.56. The molecule has 2 aromatic carbocycles. The SMILES string of the molecule is Cl.O=C(OCC1c2ccccc2-c2ccccc21)N1CCC2(CC1)CNC2. The van der Waals surface area contributed by atoms with Crippen LogP contribution in [0.3, 0.4) is 0 Å². The summed E-state index contributed by atoms with van der Waals surface area (Å²) in [6.45, 7) is 4.25. The molecule has 1 aliphatic carbocycles. The van der Waals surface area contributed by atoms with Gasteiger partial charge >= 0.3 is 6.09 Å². The number of carbonyl (C=O) groups excluding carboxylic acids is 1. The molecule has 0 atom stereocenters. The van der Waals surface area contributed by atoms with Gasteiger partial charge in [0.15, 0.2) is 0 Å². The van der Waals surface area contributed by atoms with E-state index in [9.17, 15) is 4.79 Å². The van der Waals surface area contributed by atoms with E-state index < -0.39 is 0 Å². The minimum absolute atomic E-state index is 0. The second-order valence-corrected chi connectivity index (χ2v) is 7.89. The van der Waals surface area contributed by atoms with E-state index in [1.54, 1.807) is 0 Å². The van der Waals surface area contributed by atoms with Gasteiger partial charge in [-0.2, -0.15) is 0 Å². The first-order chi connectivity index (χ1) is 12.8. The summed E-state index contributed by atoms with van der Waals surface area (Å²) >= 11 is 0. The van der Waals surface area contributed by atoms with Crippen molar-refractivity contribution in [2.75, 3.05) is 32.8 Å². The van der Waals surface area contributed by atoms with E-state index in [1.165, 1.54) is 22.3 Å². The molecule has 0 radical (unpaired) electrons. The Labute approximate surface area is 166 Å². The van der Waals surface area contributed by atoms with Crippen molar-refractivity contribution >= 4 is 18.5 Å². The van der Waals surface area contributed by atoms with Gasteiger partial charge in [0.05, 0.1) is 0 Å². The lowest BCUT2D eigenvalue weighted by atomic mass is 9.73. The van der Waals surface area contributed by atoms with Gasteiger partial charge in [0.25, 0.3) is 0 Å². The number of carbonyl (C=O) groups is 1. The highest BCUT2D eigenvalue weighted by atomic mass is 35.5. The Morgan fingerprint density at radius 3 is 2.07 bits per heavy atom. The second kappa shape index (κ2) is 7.17. The molecule has 2 saturated heterocycles. The van der Waals surface area contributed by atoms with Crippen molar-refractivity contribution in [3.63, 3.8) is 0 Å². The molecule has 2 aromatic rings. The number of ether oxygens (including phenoxy) is 1. The molecular weight excluding hydrogens is 360 g/mol. The molecule has 1 amide bonds. The molecule has 0 saturated carbocycles. The van der Waals surface area contributed by atoms with Crippen molar-refractivity contribution < 1.29 is 9.53 Å². The Kier molecular flexibility index (Phi) is 4.87. The zero-order valence-electron chi connectivity index (χ0n) is 15.3. The number of amides is 1. The highest BCUT2D eigenvalue weighted by Gasteiger charge is 2.41. The van der Waals surface area contributed by atoms with Gasteiger partial charge in [-0.3, -0.25) is 0 Å². The number of likely N-dealkylation sites (tertiary alicyclic amines) is 1. The fourth-order valence-electron chi connectivity index (χ4n) is 4.68. The third-order valence-electron chi connectivity index (χ3n) is 6.42. The van der Waals surface area contributed by atoms with Crippen LogP contribution < -0.4 is 5.32 Å². The number of halogens is 1. The maximum absolute atomic E-state index is 12.6. The lowest BCUT2D eigenvalue weighted by Gasteiger charge is -2.48. The summed E-state index contributed by atoms with van der Waals surface area (Å²) in [5.74, 6) is 0.137. The number of fused-ring (bicyclic) bond motifs is 3. The predicted octanol–water partition coefficient (Wildman–Crippen LogP) is 4.04. The van der Waals surface area contributed by atoms with E-state index in [-0.39, 0.29) is 24.4 Å². The Morgan fingerprint density at radius 2 is 1.56 bits per heavy atom. The Balaban J connectivity index is 0.00000180. The molecule has 2 heterocycles. The van der Waals surface area contributed by atoms with Gasteiger partial charge < -0.3 is 15.0 Å². The highest BCUT2D eigenvalue weighted by Crippen LogP contribution is 2.44. The first kappa shape index (κ1) is 18.3. The van der Waals surface area contributed by atoms with Crippen LogP contribution in [0.4, 0.5) is 4.79 Å². The molecule has 0 aromatic heterocycles. The molecule has 27 heavy (non-hydrogen) atoms. The average molecular weight is 385 g/mol. The van der Waals surface area contributed by atoms with Crippen LogP contribution in [0.25, 0.3) is 11.1 Å². The molecule has 142 valence electrons. The maximum atomic E-state index is 12.6. The molecule has 4 nitrogen and oxygen atoms in total. The number of rotatable bonds is 2. The van der Waals surface area contributed by atoms with E-state index in [1.807, 2.05) is 4.90 Å². The van der Waals surface area contributed by atoms with Gasteiger partial charge in [-0.25, -0.2) is 4.79 Å². The topological polar surface area (TPSA) is 41.6 Å². The summed E-state index contributed by atoms with van der Waals surface area (Å²) in [6, 6.07) is 16.9. The average Bonchev–Trinajstić information content (AvgIpc) is 2.99. The molecule has 2 aliphatic heterocycles. The van der Waals surface area contributed by atoms with E-state index in [0.717, 1.165) is 39.0 Å². The van der Waals surface area contributed by atoms with Gasteiger partial charge in [-0.15, -0.1) is 12.4 Å². The normalized spacial score (nSPS) is 19.6. The zero-order valence-corrected chi connectivity index (χ0v) is 16.1. The largest absolute Gasteiger partial charge is 0.448 e. The van der Waals surface area contributed by atoms with Crippen molar-refractivity contribution in [3.8, 4) is 11.1 Å². The third-order valence-corrected chi connectivity index (χ3v) is 6.42. The summed E-state index contributed by atoms with van der Waals surface area (Å²) < 4.78 is 5.77. The number of nitrogens with one attached hydrogen (secondary N) is 1. The lowest BCUT2D eigenvalue weighted by Crippen LogP contribution is -2.58. The quantitative estimate of drug-likeness (QED) is 0.849. The Morgan fingerprint density at radius 1 is 1.00 bits per heavy atom. The van der Waals surface area contributed by atoms with Crippen LogP contribution in [0.2, 0.25) is 0 Å². The van der Waals surface area contributed by atoms with Gasteiger partial charge in [0, 0.05) is 32.1 Å². The molecular formula is C22H25ClN2O2. The second-order valence-electron chi connectivity index (χ2n) is 7.89. The third kappa shape index (κ3) is 3.11. The minimum atomic E-state index is -0.158. The number of hydrogen-bond donors (Lipinski definition) is 1. The summed E-state index contributed by atoms with van der Waals surface area (Å²) in [7, 11) is 0. The van der Waals surface area contributed by atoms with Crippen molar-refractivity contribution in [1.82, 2.24) is 10.2 Å². The summed E-state index contributed by atoms with van der Waals surface area (Å²) in [4.78, 5) is 14.5. The maximum Gasteiger partial charge on any atom is 0.409 e. The first-order valence-corrected chi connectivity index (χ1v) is 9.56. The smallest absolute Gasteiger partial charge is 0.409 e. The highest BCUT2D eigenvalue weighted by molar-refractivity contribution is 5.85. The molecule has 0 unspecified atom stereocenters. The van der Waals surface area contributed by atoms with Crippen LogP contribution in [0.1, 0.15) is 29.9 Å². The molecule has 0 bridgehead atoms. The van der Waals surface area contributed by atoms with Crippen molar-refractivity contribution in [1.29, 1.82) is 0 Å². The van der Waals surface area contributed by atoms with Crippen LogP contribution in [0.5, 0.6) is 0 Å². The van der Waals surface area contributed by atoms with Crippen molar-refractivity contribution in [2.24, 2.45) is 5.41 Å². The van der Waals surface area contributed by atoms with Gasteiger partial charge in [-0.1, -0.05) is 48.5 Å². The standard InChI is InChI=1S/C22H24N2O2.ClH/c25-21(24-11-9-22(10-12-24)14-23-15-22)26-13-20-18-7-3-1-5-16(18)17-6-2-4-8-19(17)20;/h1-8,20,23H,9-15H2;1H. The number of nitrogens with zero attached hydrogens (tertiary/aromatic N) is 1. The number of benzene rings is 2. The molecule has 1 spiro atoms. The minimum Gasteiger partial charge on any atom is -0.448 e. The van der Waals surface area contributed by atoms with E-state index in [0.29, 0.717) is 12.0 Å². The van der Waals surface area contributed by atoms with E-state index in [2.05, 4.69) is 53.8 Å². The monoisotopic (exact) mass is 384 g/mol. The van der Waals surface area contributed by atoms with Gasteiger partial charge in [0.1, 0.15) is 6.61 Å². The van der Waals surface area contributed by atoms with Gasteiger partial charge in [-0.05, 0) is 40.5 Å². The van der Waals surface area contributed by atoms with E-state index in [4.69, 9.17) is 4.74 Å². The zero-order chi connectivity index (χ0) is 17.6. The van der Waals surface area contributed by atoms with Crippen LogP contribution in [0.15, 0.2) is 48.5 Å². The molecule has 5 rings (SSSR count). The van der Waals surface area contributed by atoms with Crippen LogP contribution in [-0.2, 0) is 4.74 Å².